The number of hydrogen-bond donors (Lipinski definition) is 6. The normalized spacial score (nSPS) is 11.8. The van der Waals surface area contributed by atoms with Crippen LogP contribution in [0.1, 0.15) is 116 Å². The number of nitrogens with zero attached hydrogens (tertiary/aromatic N) is 7. The van der Waals surface area contributed by atoms with Crippen LogP contribution in [0.5, 0.6) is 11.5 Å². The third kappa shape index (κ3) is 22.3. The number of fused-ring (bicyclic) bond motifs is 2. The Hall–Kier alpha value is -15.6. The first-order valence-electron chi connectivity index (χ1n) is 41.3. The number of rotatable bonds is 17. The molecule has 0 saturated heterocycles. The van der Waals surface area contributed by atoms with Crippen molar-refractivity contribution in [3.63, 3.8) is 0 Å². The van der Waals surface area contributed by atoms with Gasteiger partial charge in [0, 0.05) is 110 Å². The molecule has 694 valence electrons. The Morgan fingerprint density at radius 1 is 0.493 bits per heavy atom. The van der Waals surface area contributed by atoms with Crippen LogP contribution in [-0.2, 0) is 19.8 Å². The maximum absolute atomic E-state index is 14.6. The number of thiazole rings is 1. The van der Waals surface area contributed by atoms with E-state index in [1.807, 2.05) is 98.2 Å². The molecular formula is C100H76BrF14N13O7S. The predicted molar refractivity (Wildman–Crippen MR) is 492 cm³/mol. The van der Waals surface area contributed by atoms with Crippen LogP contribution in [0.3, 0.4) is 0 Å². The molecule has 16 aromatic rings. The van der Waals surface area contributed by atoms with Crippen molar-refractivity contribution in [1.82, 2.24) is 33.9 Å². The number of pyridine rings is 1. The number of nitrogens with one attached hydrogen (secondary N) is 5. The zero-order chi connectivity index (χ0) is 97.4. The summed E-state index contributed by atoms with van der Waals surface area (Å²) in [5.41, 5.74) is 14.4. The number of aryl methyl sites for hydroxylation is 7. The Morgan fingerprint density at radius 3 is 1.54 bits per heavy atom. The minimum Gasteiger partial charge on any atom is -0.454 e. The van der Waals surface area contributed by atoms with Gasteiger partial charge >= 0.3 is 6.18 Å². The van der Waals surface area contributed by atoms with Crippen molar-refractivity contribution >= 4 is 96.6 Å². The zero-order valence-corrected chi connectivity index (χ0v) is 75.0. The third-order valence-electron chi connectivity index (χ3n) is 21.3. The summed E-state index contributed by atoms with van der Waals surface area (Å²) in [5.74, 6) is -11.7. The number of benzene rings is 11. The average Bonchev–Trinajstić information content (AvgIpc) is 1.55. The van der Waals surface area contributed by atoms with E-state index in [4.69, 9.17) is 15.2 Å². The Bertz CT molecular complexity index is 7250. The molecule has 20 nitrogen and oxygen atoms in total. The number of ether oxygens (including phenoxy) is 2. The molecule has 0 unspecified atom stereocenters. The fraction of sp³-hybridized carbons (Fsp3) is 0.130. The molecular weight excluding hydrogens is 1870 g/mol. The lowest BCUT2D eigenvalue weighted by atomic mass is 10.0. The van der Waals surface area contributed by atoms with Crippen molar-refractivity contribution in [3.05, 3.63) is 372 Å². The highest BCUT2D eigenvalue weighted by molar-refractivity contribution is 9.10. The first-order chi connectivity index (χ1) is 64.9. The second kappa shape index (κ2) is 41.3. The summed E-state index contributed by atoms with van der Waals surface area (Å²) >= 11 is 4.85. The zero-order valence-electron chi connectivity index (χ0n) is 72.6. The van der Waals surface area contributed by atoms with Crippen LogP contribution in [0, 0.1) is 98.6 Å². The summed E-state index contributed by atoms with van der Waals surface area (Å²) in [7, 11) is 1.74. The number of hydrogen-bond acceptors (Lipinski definition) is 13. The molecule has 1 aliphatic carbocycles. The van der Waals surface area contributed by atoms with Crippen molar-refractivity contribution < 1.29 is 94.9 Å². The number of alkyl halides is 3. The summed E-state index contributed by atoms with van der Waals surface area (Å²) in [6, 6.07) is 51.3. The second-order valence-corrected chi connectivity index (χ2v) is 33.0. The van der Waals surface area contributed by atoms with Gasteiger partial charge in [0.2, 0.25) is 6.79 Å². The van der Waals surface area contributed by atoms with Gasteiger partial charge < -0.3 is 46.2 Å². The number of carbonyl (C=O) groups excluding carboxylic acids is 5. The van der Waals surface area contributed by atoms with Gasteiger partial charge in [0.05, 0.1) is 38.3 Å². The Balaban J connectivity index is 0.000000136. The lowest BCUT2D eigenvalue weighted by Crippen LogP contribution is -2.15. The summed E-state index contributed by atoms with van der Waals surface area (Å²) in [5, 5.41) is 20.5. The molecule has 136 heavy (non-hydrogen) atoms. The lowest BCUT2D eigenvalue weighted by molar-refractivity contribution is -0.141. The number of anilines is 6. The van der Waals surface area contributed by atoms with Gasteiger partial charge in [0.15, 0.2) is 28.8 Å². The highest BCUT2D eigenvalue weighted by Gasteiger charge is 2.36. The molecule has 0 spiro atoms. The van der Waals surface area contributed by atoms with Crippen LogP contribution in [0.4, 0.5) is 95.6 Å². The highest BCUT2D eigenvalue weighted by atomic mass is 79.9. The van der Waals surface area contributed by atoms with E-state index in [2.05, 4.69) is 62.7 Å². The van der Waals surface area contributed by atoms with Crippen molar-refractivity contribution in [2.45, 2.75) is 73.0 Å². The van der Waals surface area contributed by atoms with E-state index in [1.165, 1.54) is 66.8 Å². The molecule has 2 aliphatic rings. The van der Waals surface area contributed by atoms with E-state index in [9.17, 15) is 85.4 Å². The van der Waals surface area contributed by atoms with E-state index in [0.717, 1.165) is 145 Å². The van der Waals surface area contributed by atoms with Crippen LogP contribution in [0.2, 0.25) is 0 Å². The molecule has 18 rings (SSSR count). The average molecular weight is 1950 g/mol. The quantitative estimate of drug-likeness (QED) is 0.0368. The lowest BCUT2D eigenvalue weighted by Gasteiger charge is -2.12. The van der Waals surface area contributed by atoms with Crippen molar-refractivity contribution in [2.24, 2.45) is 7.05 Å². The molecule has 36 heteroatoms. The van der Waals surface area contributed by atoms with E-state index in [-0.39, 0.29) is 52.8 Å². The molecule has 11 aromatic carbocycles. The molecule has 1 fully saturated rings. The maximum atomic E-state index is 14.6. The van der Waals surface area contributed by atoms with E-state index >= 15 is 0 Å². The van der Waals surface area contributed by atoms with Gasteiger partial charge in [-0.3, -0.25) is 33.3 Å². The Kier molecular flexibility index (Phi) is 29.3. The van der Waals surface area contributed by atoms with Gasteiger partial charge in [-0.2, -0.15) is 23.4 Å². The summed E-state index contributed by atoms with van der Waals surface area (Å²) in [6.45, 7) is 10.8. The number of aromatic nitrogens is 7. The fourth-order valence-electron chi connectivity index (χ4n) is 14.1. The predicted octanol–water partition coefficient (Wildman–Crippen LogP) is 25.1. The van der Waals surface area contributed by atoms with Crippen LogP contribution >= 0.6 is 27.3 Å². The second-order valence-electron chi connectivity index (χ2n) is 30.9. The van der Waals surface area contributed by atoms with Gasteiger partial charge in [-0.25, -0.2) is 58.3 Å². The van der Waals surface area contributed by atoms with Crippen molar-refractivity contribution in [1.29, 1.82) is 0 Å². The minimum atomic E-state index is -4.70. The fourth-order valence-corrected chi connectivity index (χ4v) is 15.6. The number of halogens is 15. The highest BCUT2D eigenvalue weighted by Crippen LogP contribution is 2.44. The number of carbonyl (C=O) groups is 5. The van der Waals surface area contributed by atoms with Gasteiger partial charge in [0.1, 0.15) is 74.9 Å². The standard InChI is InChI=1S/C22H20N4O.C20H12BrF2NO3.C20H15F6N3O.C20H16F3N3O.C18H13F3N2OS/c1-14-3-5-16(6-4-14)22(27)25-17-7-8-18(20(23)12-17)19-13-26-10-9-24-21(26)11-15(19)2;21-14-9-18-17(26-10-27-18)8-13(14)11-4-6-12(7-5-11)24-20(25)19-15(22)2-1-3-16(19)23;1-3-29-15(9-16(28-29)20(24,25)26)12-6-5-11(8-13(12)21)19(30)27-14-7-4-10(2)17(22)18(14)23;1-26-18(10-17(25-26)11-5-6-11)13-8-7-12(9-16(13)23)20(27)24-19-14(21)3-2-4-15(19)22;1-9-17(25-10(2)22-9)12-7-6-11(8-15(12)21)18(24)23-16-13(19)4-3-5-14(16)20/h3-13H,23H2,1-2H3,(H,25,27);1-9H,10H2,(H,24,25);4-9H,3H2,1-2H3,(H,27,30);2-4,7-11H,5-6H2,1H3,(H,24,27);3-8H,1-2H3,(H,23,24). The topological polar surface area (TPSA) is 256 Å². The molecule has 0 radical (unpaired) electrons. The Labute approximate surface area is 779 Å². The van der Waals surface area contributed by atoms with Crippen LogP contribution < -0.4 is 41.8 Å². The summed E-state index contributed by atoms with van der Waals surface area (Å²) < 4.78 is 208. The van der Waals surface area contributed by atoms with Gasteiger partial charge in [-0.15, -0.1) is 11.3 Å². The largest absolute Gasteiger partial charge is 0.454 e. The van der Waals surface area contributed by atoms with Gasteiger partial charge in [0.25, 0.3) is 29.5 Å². The van der Waals surface area contributed by atoms with Gasteiger partial charge in [-0.1, -0.05) is 76.1 Å². The van der Waals surface area contributed by atoms with E-state index < -0.39 is 122 Å². The number of para-hydroxylation sites is 2. The Morgan fingerprint density at radius 2 is 1.01 bits per heavy atom. The summed E-state index contributed by atoms with van der Waals surface area (Å²) in [6.07, 6.45) is 3.18. The maximum Gasteiger partial charge on any atom is 0.435 e. The molecule has 5 amide bonds. The van der Waals surface area contributed by atoms with E-state index in [1.54, 1.807) is 62.1 Å². The SMILES string of the molecule is CCn1nc(C(F)(F)F)cc1-c1ccc(C(=O)Nc2ccc(C)c(F)c2F)cc1F.Cc1ccc(C(=O)Nc2ccc(-c3cn4ccnc4cc3C)c(N)c2)cc1.Cc1nc(C)c(-c2ccc(C(=O)Nc3c(F)cccc3F)cc2F)s1.Cn1nc(C2CC2)cc1-c1ccc(C(=O)Nc2c(F)cccc2F)cc1F.O=C(Nc1ccc(-c2cc3c(cc2Br)OCO3)cc1)c1c(F)cccc1F. The minimum absolute atomic E-state index is 0.0384. The van der Waals surface area contributed by atoms with Crippen LogP contribution in [0.15, 0.2) is 241 Å². The van der Waals surface area contributed by atoms with Crippen LogP contribution in [-0.4, -0.2) is 70.3 Å². The monoisotopic (exact) mass is 1950 g/mol. The molecule has 1 saturated carbocycles. The number of nitrogens with two attached hydrogens (primary N) is 1. The molecule has 1 aliphatic heterocycles. The first kappa shape index (κ1) is 96.5. The smallest absolute Gasteiger partial charge is 0.435 e. The molecule has 5 aromatic heterocycles. The van der Waals surface area contributed by atoms with E-state index in [0.29, 0.717) is 73.5 Å². The number of nitrogen functional groups attached to an aromatic ring is 1. The molecule has 7 N–H and O–H groups in total. The summed E-state index contributed by atoms with van der Waals surface area (Å²) in [4.78, 5) is 70.5. The number of imidazole rings is 1. The number of amides is 5. The van der Waals surface area contributed by atoms with Gasteiger partial charge in [-0.05, 0) is 240 Å². The first-order valence-corrected chi connectivity index (χ1v) is 42.9. The molecule has 0 atom stereocenters. The molecule has 0 bridgehead atoms. The van der Waals surface area contributed by atoms with Crippen molar-refractivity contribution in [3.8, 4) is 66.7 Å². The van der Waals surface area contributed by atoms with Crippen molar-refractivity contribution in [2.75, 3.05) is 39.1 Å². The molecule has 6 heterocycles. The van der Waals surface area contributed by atoms with Crippen LogP contribution in [0.25, 0.3) is 60.9 Å². The third-order valence-corrected chi connectivity index (χ3v) is 23.1.